The van der Waals surface area contributed by atoms with Gasteiger partial charge in [0.05, 0.1) is 13.2 Å². The van der Waals surface area contributed by atoms with E-state index in [1.807, 2.05) is 39.0 Å². The molecule has 0 bridgehead atoms. The first-order chi connectivity index (χ1) is 12.9. The van der Waals surface area contributed by atoms with Crippen molar-refractivity contribution in [1.82, 2.24) is 0 Å². The van der Waals surface area contributed by atoms with Crippen LogP contribution in [-0.4, -0.2) is 24.9 Å². The lowest BCUT2D eigenvalue weighted by Crippen LogP contribution is -1.96. The van der Waals surface area contributed by atoms with Crippen molar-refractivity contribution in [2.45, 2.75) is 48.5 Å². The smallest absolute Gasteiger partial charge is 0.122 e. The standard InChI is InChI=1S/C11H16O2.C9H12.C2H6O.I2.HI/c1-4-12-10-6-7-11(13-5-2)9(3)8-10;1-7-4-5-8(2)9(3)6-7;1-2-3;1-2;/h6-8H,4-5H2,1-3H3;4-6H,1-3H3;3H,2H2,1H3;;1H. The Labute approximate surface area is 212 Å². The lowest BCUT2D eigenvalue weighted by molar-refractivity contribution is 0.318. The number of benzene rings is 2. The Bertz CT molecular complexity index is 620. The molecule has 0 atom stereocenters. The van der Waals surface area contributed by atoms with E-state index in [2.05, 4.69) is 76.2 Å². The number of rotatable bonds is 4. The van der Waals surface area contributed by atoms with Crippen molar-refractivity contribution >= 4 is 61.2 Å². The van der Waals surface area contributed by atoms with Gasteiger partial charge < -0.3 is 14.6 Å². The van der Waals surface area contributed by atoms with Gasteiger partial charge in [0.15, 0.2) is 0 Å². The summed E-state index contributed by atoms with van der Waals surface area (Å²) < 4.78 is 10.8. The molecule has 2 aromatic rings. The third kappa shape index (κ3) is 16.0. The van der Waals surface area contributed by atoms with Crippen LogP contribution in [0.15, 0.2) is 36.4 Å². The van der Waals surface area contributed by atoms with Gasteiger partial charge in [-0.3, -0.25) is 0 Å². The molecule has 28 heavy (non-hydrogen) atoms. The first-order valence-electron chi connectivity index (χ1n) is 9.04. The fraction of sp³-hybridized carbons (Fsp3) is 0.455. The van der Waals surface area contributed by atoms with Crippen molar-refractivity contribution in [2.24, 2.45) is 0 Å². The monoisotopic (exact) mass is 728 g/mol. The molecule has 0 fully saturated rings. The van der Waals surface area contributed by atoms with Gasteiger partial charge in [0.1, 0.15) is 11.5 Å². The molecule has 0 saturated carbocycles. The molecule has 6 heteroatoms. The summed E-state index contributed by atoms with van der Waals surface area (Å²) in [5.74, 6) is 1.84. The maximum absolute atomic E-state index is 7.57. The zero-order chi connectivity index (χ0) is 21.2. The first-order valence-corrected chi connectivity index (χ1v) is 15.3. The van der Waals surface area contributed by atoms with Crippen molar-refractivity contribution in [1.29, 1.82) is 0 Å². The molecule has 0 saturated heterocycles. The summed E-state index contributed by atoms with van der Waals surface area (Å²) in [6.07, 6.45) is 0. The predicted molar refractivity (Wildman–Crippen MR) is 150 cm³/mol. The van der Waals surface area contributed by atoms with E-state index in [4.69, 9.17) is 14.6 Å². The summed E-state index contributed by atoms with van der Waals surface area (Å²) in [7, 11) is 0. The largest absolute Gasteiger partial charge is 0.494 e. The molecule has 3 nitrogen and oxygen atoms in total. The number of aryl methyl sites for hydroxylation is 4. The molecule has 2 rings (SSSR count). The summed E-state index contributed by atoms with van der Waals surface area (Å²) in [5.41, 5.74) is 5.22. The molecule has 0 aliphatic rings. The van der Waals surface area contributed by atoms with Crippen LogP contribution in [0.1, 0.15) is 43.0 Å². The molecule has 0 aliphatic carbocycles. The van der Waals surface area contributed by atoms with E-state index in [1.54, 1.807) is 6.92 Å². The fourth-order valence-electron chi connectivity index (χ4n) is 2.09. The number of halogens is 3. The first kappa shape index (κ1) is 32.8. The van der Waals surface area contributed by atoms with Crippen LogP contribution >= 0.6 is 61.2 Å². The second-order valence-electron chi connectivity index (χ2n) is 5.70. The highest BCUT2D eigenvalue weighted by Gasteiger charge is 2.00. The highest BCUT2D eigenvalue weighted by molar-refractivity contribution is 15.0. The van der Waals surface area contributed by atoms with E-state index in [9.17, 15) is 0 Å². The number of aliphatic hydroxyl groups is 1. The Morgan fingerprint density at radius 3 is 1.68 bits per heavy atom. The molecule has 0 unspecified atom stereocenters. The summed E-state index contributed by atoms with van der Waals surface area (Å²) >= 11 is 4.24. The quantitative estimate of drug-likeness (QED) is 0.327. The van der Waals surface area contributed by atoms with E-state index >= 15 is 0 Å². The molecule has 0 spiro atoms. The maximum Gasteiger partial charge on any atom is 0.122 e. The molecular formula is C22H35I3O3. The van der Waals surface area contributed by atoms with Gasteiger partial charge >= 0.3 is 0 Å². The number of hydrogen-bond donors (Lipinski definition) is 1. The average Bonchev–Trinajstić information content (AvgIpc) is 2.64. The molecule has 0 aliphatic heterocycles. The van der Waals surface area contributed by atoms with Gasteiger partial charge in [-0.25, -0.2) is 0 Å². The Morgan fingerprint density at radius 1 is 0.750 bits per heavy atom. The van der Waals surface area contributed by atoms with E-state index < -0.39 is 0 Å². The van der Waals surface area contributed by atoms with Crippen LogP contribution in [0.5, 0.6) is 11.5 Å². The second kappa shape index (κ2) is 21.9. The highest BCUT2D eigenvalue weighted by Crippen LogP contribution is 2.23. The van der Waals surface area contributed by atoms with E-state index in [-0.39, 0.29) is 30.6 Å². The normalized spacial score (nSPS) is 8.50. The minimum Gasteiger partial charge on any atom is -0.494 e. The highest BCUT2D eigenvalue weighted by atomic mass is 128. The van der Waals surface area contributed by atoms with Crippen LogP contribution in [0.2, 0.25) is 0 Å². The van der Waals surface area contributed by atoms with Crippen LogP contribution in [0.3, 0.4) is 0 Å². The summed E-state index contributed by atoms with van der Waals surface area (Å²) in [5, 5.41) is 7.57. The summed E-state index contributed by atoms with van der Waals surface area (Å²) in [6.45, 7) is 15.7. The zero-order valence-electron chi connectivity index (χ0n) is 18.0. The lowest BCUT2D eigenvalue weighted by Gasteiger charge is -2.09. The summed E-state index contributed by atoms with van der Waals surface area (Å²) in [4.78, 5) is 0. The van der Waals surface area contributed by atoms with Crippen LogP contribution in [-0.2, 0) is 0 Å². The van der Waals surface area contributed by atoms with Crippen molar-refractivity contribution in [3.8, 4) is 11.5 Å². The third-order valence-corrected chi connectivity index (χ3v) is 3.42. The minimum absolute atomic E-state index is 0. The Hall–Kier alpha value is 0.190. The van der Waals surface area contributed by atoms with Gasteiger partial charge in [0, 0.05) is 43.8 Å². The molecule has 162 valence electrons. The number of hydrogen-bond acceptors (Lipinski definition) is 3. The number of ether oxygens (including phenoxy) is 2. The molecule has 0 heterocycles. The molecular weight excluding hydrogens is 693 g/mol. The Balaban J connectivity index is -0.000000365. The number of aliphatic hydroxyl groups excluding tert-OH is 1. The van der Waals surface area contributed by atoms with Gasteiger partial charge in [-0.1, -0.05) is 23.8 Å². The van der Waals surface area contributed by atoms with Gasteiger partial charge in [-0.15, -0.1) is 24.0 Å². The van der Waals surface area contributed by atoms with Gasteiger partial charge in [-0.2, -0.15) is 0 Å². The van der Waals surface area contributed by atoms with Gasteiger partial charge in [0.25, 0.3) is 0 Å². The minimum atomic E-state index is 0. The molecule has 0 aromatic heterocycles. The van der Waals surface area contributed by atoms with E-state index in [0.29, 0.717) is 13.2 Å². The Kier molecular flexibility index (Phi) is 25.7. The SMILES string of the molecule is CCO.CCOc1ccc(OCC)c(C)c1.Cc1ccc(C)c(C)c1.I.II. The average molecular weight is 728 g/mol. The van der Waals surface area contributed by atoms with Gasteiger partial charge in [-0.05, 0) is 83.4 Å². The lowest BCUT2D eigenvalue weighted by atomic mass is 10.1. The fourth-order valence-corrected chi connectivity index (χ4v) is 2.09. The second-order valence-corrected chi connectivity index (χ2v) is 5.70. The van der Waals surface area contributed by atoms with Crippen LogP contribution < -0.4 is 9.47 Å². The van der Waals surface area contributed by atoms with Crippen molar-refractivity contribution in [3.63, 3.8) is 0 Å². The molecule has 1 N–H and O–H groups in total. The van der Waals surface area contributed by atoms with Crippen molar-refractivity contribution < 1.29 is 14.6 Å². The zero-order valence-corrected chi connectivity index (χ0v) is 24.7. The van der Waals surface area contributed by atoms with Crippen LogP contribution in [0.4, 0.5) is 0 Å². The van der Waals surface area contributed by atoms with Crippen molar-refractivity contribution in [2.75, 3.05) is 19.8 Å². The summed E-state index contributed by atoms with van der Waals surface area (Å²) in [6, 6.07) is 12.4. The van der Waals surface area contributed by atoms with Crippen molar-refractivity contribution in [3.05, 3.63) is 58.7 Å². The van der Waals surface area contributed by atoms with Crippen LogP contribution in [0, 0.1) is 27.7 Å². The molecule has 2 aromatic carbocycles. The maximum atomic E-state index is 7.57. The van der Waals surface area contributed by atoms with Crippen LogP contribution in [0.25, 0.3) is 0 Å². The van der Waals surface area contributed by atoms with E-state index in [0.717, 1.165) is 17.1 Å². The third-order valence-electron chi connectivity index (χ3n) is 3.42. The molecule has 0 radical (unpaired) electrons. The van der Waals surface area contributed by atoms with E-state index in [1.165, 1.54) is 16.7 Å². The predicted octanol–water partition coefficient (Wildman–Crippen LogP) is 7.79. The van der Waals surface area contributed by atoms with Gasteiger partial charge in [0.2, 0.25) is 0 Å². The Morgan fingerprint density at radius 2 is 1.29 bits per heavy atom. The molecule has 0 amide bonds. The topological polar surface area (TPSA) is 38.7 Å².